The van der Waals surface area contributed by atoms with Gasteiger partial charge in [0.05, 0.1) is 12.1 Å². The molecule has 0 saturated heterocycles. The first kappa shape index (κ1) is 14.8. The summed E-state index contributed by atoms with van der Waals surface area (Å²) in [5.74, 6) is 0.327. The van der Waals surface area contributed by atoms with E-state index in [1.165, 1.54) is 11.3 Å². The van der Waals surface area contributed by atoms with E-state index >= 15 is 0 Å². The van der Waals surface area contributed by atoms with Crippen molar-refractivity contribution in [2.75, 3.05) is 6.61 Å². The molecule has 2 heterocycles. The number of carbonyl (C=O) groups excluding carboxylic acids is 1. The summed E-state index contributed by atoms with van der Waals surface area (Å²) >= 11 is 7.21. The highest BCUT2D eigenvalue weighted by Gasteiger charge is 2.12. The van der Waals surface area contributed by atoms with Crippen LogP contribution in [0.1, 0.15) is 16.6 Å². The maximum absolute atomic E-state index is 11.7. The Bertz CT molecular complexity index is 831. The molecule has 0 aliphatic heterocycles. The van der Waals surface area contributed by atoms with Gasteiger partial charge < -0.3 is 9.47 Å². The van der Waals surface area contributed by atoms with E-state index < -0.39 is 0 Å². The van der Waals surface area contributed by atoms with Gasteiger partial charge in [-0.1, -0.05) is 22.9 Å². The lowest BCUT2D eigenvalue weighted by Gasteiger charge is -2.06. The third-order valence-electron chi connectivity index (χ3n) is 2.93. The summed E-state index contributed by atoms with van der Waals surface area (Å²) in [6.45, 7) is 2.12. The molecule has 3 rings (SSSR count). The number of thiophene rings is 1. The molecule has 4 nitrogen and oxygen atoms in total. The molecular formula is C16H12ClNO3S. The highest BCUT2D eigenvalue weighted by molar-refractivity contribution is 7.15. The molecule has 22 heavy (non-hydrogen) atoms. The van der Waals surface area contributed by atoms with Crippen LogP contribution in [0.25, 0.3) is 10.9 Å². The minimum atomic E-state index is -0.339. The Morgan fingerprint density at radius 3 is 2.95 bits per heavy atom. The molecule has 0 bridgehead atoms. The van der Waals surface area contributed by atoms with Gasteiger partial charge in [0.2, 0.25) is 0 Å². The van der Waals surface area contributed by atoms with E-state index in [4.69, 9.17) is 21.1 Å². The zero-order chi connectivity index (χ0) is 15.5. The van der Waals surface area contributed by atoms with E-state index in [1.807, 2.05) is 6.07 Å². The molecule has 0 spiro atoms. The first-order valence-electron chi connectivity index (χ1n) is 6.66. The summed E-state index contributed by atoms with van der Waals surface area (Å²) < 4.78 is 10.8. The summed E-state index contributed by atoms with van der Waals surface area (Å²) in [7, 11) is 0. The van der Waals surface area contributed by atoms with Gasteiger partial charge in [-0.3, -0.25) is 4.98 Å². The number of benzene rings is 1. The number of ether oxygens (including phenoxy) is 2. The standard InChI is InChI=1S/C16H12ClNO3S/c1-2-20-16(19)14-5-6-15(22-14)21-13-7-8-18-12-9-10(17)3-4-11(12)13/h3-9H,2H2,1H3. The molecule has 112 valence electrons. The van der Waals surface area contributed by atoms with Gasteiger partial charge in [0, 0.05) is 16.6 Å². The Balaban J connectivity index is 1.89. The van der Waals surface area contributed by atoms with Crippen molar-refractivity contribution in [1.29, 1.82) is 0 Å². The van der Waals surface area contributed by atoms with Crippen molar-refractivity contribution in [3.05, 3.63) is 52.5 Å². The van der Waals surface area contributed by atoms with Gasteiger partial charge in [0.1, 0.15) is 10.6 Å². The number of aromatic nitrogens is 1. The fourth-order valence-corrected chi connectivity index (χ4v) is 2.91. The summed E-state index contributed by atoms with van der Waals surface area (Å²) in [5, 5.41) is 2.10. The SMILES string of the molecule is CCOC(=O)c1ccc(Oc2ccnc3cc(Cl)ccc23)s1. The van der Waals surface area contributed by atoms with Crippen LogP contribution in [0.15, 0.2) is 42.6 Å². The molecule has 2 aromatic heterocycles. The maximum Gasteiger partial charge on any atom is 0.348 e. The van der Waals surface area contributed by atoms with Crippen LogP contribution in [0.3, 0.4) is 0 Å². The van der Waals surface area contributed by atoms with Gasteiger partial charge in [-0.05, 0) is 43.3 Å². The van der Waals surface area contributed by atoms with Gasteiger partial charge in [-0.25, -0.2) is 4.79 Å². The van der Waals surface area contributed by atoms with Crippen molar-refractivity contribution >= 4 is 39.8 Å². The predicted molar refractivity (Wildman–Crippen MR) is 87.1 cm³/mol. The average Bonchev–Trinajstić information content (AvgIpc) is 2.96. The first-order chi connectivity index (χ1) is 10.7. The fourth-order valence-electron chi connectivity index (χ4n) is 1.98. The smallest absolute Gasteiger partial charge is 0.348 e. The fraction of sp³-hybridized carbons (Fsp3) is 0.125. The summed E-state index contributed by atoms with van der Waals surface area (Å²) in [6.07, 6.45) is 1.66. The van der Waals surface area contributed by atoms with Crippen LogP contribution in [0.2, 0.25) is 5.02 Å². The summed E-state index contributed by atoms with van der Waals surface area (Å²) in [4.78, 5) is 16.4. The van der Waals surface area contributed by atoms with Gasteiger partial charge >= 0.3 is 5.97 Å². The Kier molecular flexibility index (Phi) is 4.27. The quantitative estimate of drug-likeness (QED) is 0.636. The Labute approximate surface area is 136 Å². The van der Waals surface area contributed by atoms with Crippen molar-refractivity contribution in [3.8, 4) is 10.8 Å². The number of fused-ring (bicyclic) bond motifs is 1. The van der Waals surface area contributed by atoms with Gasteiger partial charge in [0.15, 0.2) is 5.06 Å². The second-order valence-electron chi connectivity index (χ2n) is 4.41. The van der Waals surface area contributed by atoms with Crippen LogP contribution < -0.4 is 4.74 Å². The lowest BCUT2D eigenvalue weighted by atomic mass is 10.2. The number of pyridine rings is 1. The molecule has 0 aliphatic rings. The van der Waals surface area contributed by atoms with Crippen molar-refractivity contribution < 1.29 is 14.3 Å². The van der Waals surface area contributed by atoms with Crippen molar-refractivity contribution in [2.45, 2.75) is 6.92 Å². The summed E-state index contributed by atoms with van der Waals surface area (Å²) in [6, 6.07) is 10.6. The van der Waals surface area contributed by atoms with Crippen LogP contribution in [-0.2, 0) is 4.74 Å². The van der Waals surface area contributed by atoms with Gasteiger partial charge in [0.25, 0.3) is 0 Å². The van der Waals surface area contributed by atoms with E-state index in [-0.39, 0.29) is 5.97 Å². The minimum absolute atomic E-state index is 0.339. The van der Waals surface area contributed by atoms with Crippen LogP contribution in [0.4, 0.5) is 0 Å². The van der Waals surface area contributed by atoms with Crippen LogP contribution in [0.5, 0.6) is 10.8 Å². The molecule has 0 N–H and O–H groups in total. The molecule has 0 unspecified atom stereocenters. The lowest BCUT2D eigenvalue weighted by molar-refractivity contribution is 0.0532. The second kappa shape index (κ2) is 6.34. The Hall–Kier alpha value is -2.11. The van der Waals surface area contributed by atoms with E-state index in [0.29, 0.717) is 27.3 Å². The van der Waals surface area contributed by atoms with Crippen LogP contribution >= 0.6 is 22.9 Å². The highest BCUT2D eigenvalue weighted by atomic mass is 35.5. The first-order valence-corrected chi connectivity index (χ1v) is 7.86. The van der Waals surface area contributed by atoms with Crippen LogP contribution in [0, 0.1) is 0 Å². The Morgan fingerprint density at radius 2 is 2.14 bits per heavy atom. The zero-order valence-electron chi connectivity index (χ0n) is 11.7. The number of halogens is 1. The van der Waals surface area contributed by atoms with Crippen molar-refractivity contribution in [1.82, 2.24) is 4.98 Å². The monoisotopic (exact) mass is 333 g/mol. The number of rotatable bonds is 4. The number of esters is 1. The largest absolute Gasteiger partial charge is 0.462 e. The average molecular weight is 334 g/mol. The summed E-state index contributed by atoms with van der Waals surface area (Å²) in [5.41, 5.74) is 0.757. The highest BCUT2D eigenvalue weighted by Crippen LogP contribution is 2.34. The number of carbonyl (C=O) groups is 1. The molecule has 0 saturated carbocycles. The zero-order valence-corrected chi connectivity index (χ0v) is 13.3. The third-order valence-corrected chi connectivity index (χ3v) is 4.11. The normalized spacial score (nSPS) is 10.6. The molecule has 0 aliphatic carbocycles. The number of nitrogens with zero attached hydrogens (tertiary/aromatic N) is 1. The molecule has 6 heteroatoms. The molecule has 3 aromatic rings. The van der Waals surface area contributed by atoms with E-state index in [0.717, 1.165) is 10.9 Å². The van der Waals surface area contributed by atoms with Crippen molar-refractivity contribution in [3.63, 3.8) is 0 Å². The van der Waals surface area contributed by atoms with Gasteiger partial charge in [-0.2, -0.15) is 0 Å². The van der Waals surface area contributed by atoms with Crippen molar-refractivity contribution in [2.24, 2.45) is 0 Å². The topological polar surface area (TPSA) is 48.4 Å². The van der Waals surface area contributed by atoms with Gasteiger partial charge in [-0.15, -0.1) is 0 Å². The van der Waals surface area contributed by atoms with E-state index in [2.05, 4.69) is 4.98 Å². The minimum Gasteiger partial charge on any atom is -0.462 e. The second-order valence-corrected chi connectivity index (χ2v) is 5.89. The maximum atomic E-state index is 11.7. The molecular weight excluding hydrogens is 322 g/mol. The van der Waals surface area contributed by atoms with E-state index in [9.17, 15) is 4.79 Å². The molecule has 0 fully saturated rings. The number of hydrogen-bond acceptors (Lipinski definition) is 5. The predicted octanol–water partition coefficient (Wildman–Crippen LogP) is 4.92. The van der Waals surface area contributed by atoms with E-state index in [1.54, 1.807) is 43.5 Å². The molecule has 0 atom stereocenters. The van der Waals surface area contributed by atoms with Crippen LogP contribution in [-0.4, -0.2) is 17.6 Å². The molecule has 0 radical (unpaired) electrons. The number of hydrogen-bond donors (Lipinski definition) is 0. The molecule has 1 aromatic carbocycles. The Morgan fingerprint density at radius 1 is 1.27 bits per heavy atom. The molecule has 0 amide bonds. The third kappa shape index (κ3) is 3.05. The lowest BCUT2D eigenvalue weighted by Crippen LogP contribution is -2.01.